The van der Waals surface area contributed by atoms with Crippen LogP contribution in [0.1, 0.15) is 31.7 Å². The first kappa shape index (κ1) is 26.7. The molecule has 1 aromatic heterocycles. The number of amides is 2. The van der Waals surface area contributed by atoms with E-state index in [1.165, 1.54) is 4.57 Å². The molecule has 0 radical (unpaired) electrons. The Bertz CT molecular complexity index is 1380. The summed E-state index contributed by atoms with van der Waals surface area (Å²) < 4.78 is 1.95. The lowest BCUT2D eigenvalue weighted by molar-refractivity contribution is -0.124. The van der Waals surface area contributed by atoms with Crippen LogP contribution in [0.5, 0.6) is 0 Å². The van der Waals surface area contributed by atoms with Crippen molar-refractivity contribution in [2.75, 3.05) is 25.0 Å². The Morgan fingerprint density at radius 1 is 1.31 bits per heavy atom. The number of benzene rings is 1. The molecule has 0 spiro atoms. The first-order valence-electron chi connectivity index (χ1n) is 11.8. The molecule has 36 heavy (non-hydrogen) atoms. The van der Waals surface area contributed by atoms with E-state index in [1.807, 2.05) is 30.3 Å². The number of aromatic nitrogens is 1. The fourth-order valence-electron chi connectivity index (χ4n) is 4.22. The summed E-state index contributed by atoms with van der Waals surface area (Å²) in [4.78, 5) is 39.1. The van der Waals surface area contributed by atoms with Gasteiger partial charge >= 0.3 is 0 Å². The SMILES string of the molecule is CCn1c(=O)/c(=C\Nc2cccc(CCN3CCCCC3C(N)=O)c2)s/c1=C(/C#N)C(=O)NCC#N. The van der Waals surface area contributed by atoms with Crippen molar-refractivity contribution in [1.29, 1.82) is 10.5 Å². The molecule has 1 aliphatic rings. The van der Waals surface area contributed by atoms with Crippen LogP contribution in [0.15, 0.2) is 29.1 Å². The van der Waals surface area contributed by atoms with E-state index in [4.69, 9.17) is 11.0 Å². The number of likely N-dealkylation sites (tertiary alicyclic amines) is 1. The molecule has 1 unspecified atom stereocenters. The minimum absolute atomic E-state index is 0.206. The number of carbonyl (C=O) groups excluding carboxylic acids is 2. The van der Waals surface area contributed by atoms with Gasteiger partial charge in [0.1, 0.15) is 21.8 Å². The monoisotopic (exact) mass is 507 g/mol. The van der Waals surface area contributed by atoms with Crippen molar-refractivity contribution in [2.45, 2.75) is 45.2 Å². The highest BCUT2D eigenvalue weighted by atomic mass is 32.1. The van der Waals surface area contributed by atoms with Gasteiger partial charge in [-0.2, -0.15) is 10.5 Å². The molecule has 1 atom stereocenters. The lowest BCUT2D eigenvalue weighted by Gasteiger charge is -2.33. The quantitative estimate of drug-likeness (QED) is 0.402. The molecule has 11 heteroatoms. The number of hydrogen-bond acceptors (Lipinski definition) is 8. The summed E-state index contributed by atoms with van der Waals surface area (Å²) in [6.45, 7) is 3.40. The van der Waals surface area contributed by atoms with Crippen molar-refractivity contribution in [2.24, 2.45) is 5.73 Å². The maximum atomic E-state index is 12.9. The summed E-state index contributed by atoms with van der Waals surface area (Å²) in [5.74, 6) is -0.964. The fraction of sp³-hybridized carbons (Fsp3) is 0.400. The smallest absolute Gasteiger partial charge is 0.270 e. The van der Waals surface area contributed by atoms with Crippen LogP contribution in [0.2, 0.25) is 0 Å². The van der Waals surface area contributed by atoms with E-state index in [1.54, 1.807) is 19.2 Å². The maximum Gasteiger partial charge on any atom is 0.270 e. The minimum Gasteiger partial charge on any atom is -0.368 e. The van der Waals surface area contributed by atoms with Crippen molar-refractivity contribution in [1.82, 2.24) is 14.8 Å². The lowest BCUT2D eigenvalue weighted by atomic mass is 10.0. The Balaban J connectivity index is 1.81. The second kappa shape index (κ2) is 12.7. The average molecular weight is 508 g/mol. The van der Waals surface area contributed by atoms with Crippen molar-refractivity contribution < 1.29 is 9.59 Å². The van der Waals surface area contributed by atoms with Gasteiger partial charge in [0.15, 0.2) is 5.57 Å². The predicted molar refractivity (Wildman–Crippen MR) is 138 cm³/mol. The topological polar surface area (TPSA) is 157 Å². The van der Waals surface area contributed by atoms with E-state index in [0.717, 1.165) is 61.4 Å². The van der Waals surface area contributed by atoms with Crippen LogP contribution in [0, 0.1) is 22.7 Å². The molecule has 1 fully saturated rings. The second-order valence-corrected chi connectivity index (χ2v) is 9.37. The van der Waals surface area contributed by atoms with Gasteiger partial charge < -0.3 is 16.4 Å². The van der Waals surface area contributed by atoms with E-state index in [0.29, 0.717) is 4.53 Å². The number of anilines is 1. The molecule has 1 saturated heterocycles. The van der Waals surface area contributed by atoms with Crippen molar-refractivity contribution in [3.63, 3.8) is 0 Å². The number of nitrogens with zero attached hydrogens (tertiary/aromatic N) is 4. The van der Waals surface area contributed by atoms with Crippen molar-refractivity contribution in [3.05, 3.63) is 49.4 Å². The molecule has 3 rings (SSSR count). The lowest BCUT2D eigenvalue weighted by Crippen LogP contribution is -2.48. The highest BCUT2D eigenvalue weighted by molar-refractivity contribution is 7.07. The Labute approximate surface area is 212 Å². The van der Waals surface area contributed by atoms with Crippen molar-refractivity contribution in [3.8, 4) is 12.1 Å². The van der Waals surface area contributed by atoms with Gasteiger partial charge in [-0.15, -0.1) is 11.3 Å². The number of nitrogens with two attached hydrogens (primary N) is 1. The van der Waals surface area contributed by atoms with Gasteiger partial charge in [-0.05, 0) is 50.4 Å². The molecule has 2 aromatic rings. The first-order chi connectivity index (χ1) is 17.4. The van der Waals surface area contributed by atoms with Crippen LogP contribution < -0.4 is 31.1 Å². The normalized spacial score (nSPS) is 17.1. The van der Waals surface area contributed by atoms with Crippen LogP contribution in [-0.2, 0) is 22.6 Å². The van der Waals surface area contributed by atoms with Crippen LogP contribution in [0.3, 0.4) is 0 Å². The molecule has 0 saturated carbocycles. The molecular formula is C25H29N7O3S. The number of hydrogen-bond donors (Lipinski definition) is 3. The zero-order valence-electron chi connectivity index (χ0n) is 20.1. The van der Waals surface area contributed by atoms with Gasteiger partial charge in [-0.25, -0.2) is 0 Å². The molecule has 4 N–H and O–H groups in total. The Hall–Kier alpha value is -3.93. The molecule has 1 aromatic carbocycles. The van der Waals surface area contributed by atoms with Gasteiger partial charge in [0.2, 0.25) is 5.91 Å². The fourth-order valence-corrected chi connectivity index (χ4v) is 5.30. The van der Waals surface area contributed by atoms with Crippen LogP contribution in [0.25, 0.3) is 11.8 Å². The predicted octanol–water partition coefficient (Wildman–Crippen LogP) is -0.0238. The van der Waals surface area contributed by atoms with Crippen molar-refractivity contribution >= 4 is 40.6 Å². The van der Waals surface area contributed by atoms with Gasteiger partial charge in [-0.3, -0.25) is 23.9 Å². The zero-order valence-corrected chi connectivity index (χ0v) is 20.9. The maximum absolute atomic E-state index is 12.9. The average Bonchev–Trinajstić information content (AvgIpc) is 3.20. The summed E-state index contributed by atoms with van der Waals surface area (Å²) in [6, 6.07) is 11.2. The summed E-state index contributed by atoms with van der Waals surface area (Å²) >= 11 is 1.04. The standard InChI is InChI=1S/C25H29N7O3S/c1-2-32-24(35)21(36-25(32)19(15-27)23(34)29-11-10-26)16-30-18-7-5-6-17(14-18)9-13-31-12-4-3-8-20(31)22(28)33/h5-7,14,16,20,30H,2-4,8-9,11-13H2,1H3,(H2,28,33)(H,29,34)/b21-16+,25-19-. The van der Waals surface area contributed by atoms with Gasteiger partial charge in [0.05, 0.1) is 12.1 Å². The number of piperidine rings is 1. The summed E-state index contributed by atoms with van der Waals surface area (Å²) in [5.41, 5.74) is 6.91. The van der Waals surface area contributed by atoms with Crippen LogP contribution in [-0.4, -0.2) is 47.0 Å². The van der Waals surface area contributed by atoms with Gasteiger partial charge in [0.25, 0.3) is 11.5 Å². The van der Waals surface area contributed by atoms with Crippen LogP contribution >= 0.6 is 11.3 Å². The number of nitrogens with one attached hydrogen (secondary N) is 2. The largest absolute Gasteiger partial charge is 0.368 e. The van der Waals surface area contributed by atoms with E-state index in [2.05, 4.69) is 15.5 Å². The number of rotatable bonds is 9. The molecule has 188 valence electrons. The molecule has 1 aliphatic heterocycles. The molecule has 0 bridgehead atoms. The zero-order chi connectivity index (χ0) is 26.1. The Morgan fingerprint density at radius 3 is 2.81 bits per heavy atom. The summed E-state index contributed by atoms with van der Waals surface area (Å²) in [5, 5.41) is 23.7. The highest BCUT2D eigenvalue weighted by Crippen LogP contribution is 2.18. The Kier molecular flexibility index (Phi) is 9.39. The van der Waals surface area contributed by atoms with Gasteiger partial charge in [-0.1, -0.05) is 18.6 Å². The molecule has 0 aliphatic carbocycles. The summed E-state index contributed by atoms with van der Waals surface area (Å²) in [6.07, 6.45) is 5.20. The second-order valence-electron chi connectivity index (χ2n) is 8.34. The number of nitriles is 2. The third kappa shape index (κ3) is 6.39. The molecule has 2 heterocycles. The molecule has 2 amide bonds. The molecule has 10 nitrogen and oxygen atoms in total. The van der Waals surface area contributed by atoms with E-state index in [9.17, 15) is 19.6 Å². The van der Waals surface area contributed by atoms with E-state index in [-0.39, 0.29) is 40.8 Å². The number of carbonyl (C=O) groups is 2. The number of thiazole rings is 1. The molecular weight excluding hydrogens is 478 g/mol. The highest BCUT2D eigenvalue weighted by Gasteiger charge is 2.26. The third-order valence-corrected chi connectivity index (χ3v) is 7.16. The first-order valence-corrected chi connectivity index (χ1v) is 12.6. The van der Waals surface area contributed by atoms with E-state index < -0.39 is 5.91 Å². The Morgan fingerprint density at radius 2 is 2.11 bits per heavy atom. The van der Waals surface area contributed by atoms with Gasteiger partial charge in [0, 0.05) is 25.0 Å². The van der Waals surface area contributed by atoms with E-state index >= 15 is 0 Å². The van der Waals surface area contributed by atoms with Crippen LogP contribution in [0.4, 0.5) is 5.69 Å². The third-order valence-electron chi connectivity index (χ3n) is 6.03. The number of primary amides is 1. The summed E-state index contributed by atoms with van der Waals surface area (Å²) in [7, 11) is 0. The minimum atomic E-state index is -0.693.